The van der Waals surface area contributed by atoms with Crippen LogP contribution in [0.5, 0.6) is 0 Å². The summed E-state index contributed by atoms with van der Waals surface area (Å²) in [5, 5.41) is 11.4. The van der Waals surface area contributed by atoms with E-state index in [4.69, 9.17) is 4.74 Å². The number of carbonyl (C=O) groups excluding carboxylic acids is 2. The van der Waals surface area contributed by atoms with E-state index in [1.807, 2.05) is 18.2 Å². The molecule has 0 spiro atoms. The number of hydrogen-bond acceptors (Lipinski definition) is 4. The minimum atomic E-state index is -1.20. The third-order valence-electron chi connectivity index (χ3n) is 4.90. The number of hydrogen-bond donors (Lipinski definition) is 0. The Morgan fingerprint density at radius 3 is 2.50 bits per heavy atom. The lowest BCUT2D eigenvalue weighted by Gasteiger charge is -2.34. The molecular weight excluding hydrogens is 282 g/mol. The lowest BCUT2D eigenvalue weighted by molar-refractivity contribution is -0.313. The lowest BCUT2D eigenvalue weighted by Crippen LogP contribution is -2.49. The van der Waals surface area contributed by atoms with Gasteiger partial charge in [0, 0.05) is 25.0 Å². The Morgan fingerprint density at radius 1 is 1.09 bits per heavy atom. The van der Waals surface area contributed by atoms with Crippen LogP contribution in [0.25, 0.3) is 0 Å². The van der Waals surface area contributed by atoms with Gasteiger partial charge in [-0.1, -0.05) is 36.4 Å². The summed E-state index contributed by atoms with van der Waals surface area (Å²) in [5.74, 6) is -2.88. The van der Waals surface area contributed by atoms with Crippen molar-refractivity contribution >= 4 is 11.9 Å². The van der Waals surface area contributed by atoms with Crippen LogP contribution in [-0.2, 0) is 27.3 Å². The SMILES string of the molecule is O=C([O-])C1C2C=CC(O2)C1C(=O)N1CCc2ccccc2C1. The molecule has 2 bridgehead atoms. The molecule has 0 aliphatic carbocycles. The highest BCUT2D eigenvalue weighted by atomic mass is 16.5. The second-order valence-electron chi connectivity index (χ2n) is 6.10. The first-order valence-corrected chi connectivity index (χ1v) is 7.55. The fourth-order valence-electron chi connectivity index (χ4n) is 3.78. The second kappa shape index (κ2) is 4.95. The molecule has 4 unspecified atom stereocenters. The van der Waals surface area contributed by atoms with Gasteiger partial charge in [-0.15, -0.1) is 0 Å². The van der Waals surface area contributed by atoms with Gasteiger partial charge >= 0.3 is 0 Å². The topological polar surface area (TPSA) is 69.7 Å². The van der Waals surface area contributed by atoms with Crippen LogP contribution in [0, 0.1) is 11.8 Å². The summed E-state index contributed by atoms with van der Waals surface area (Å²) >= 11 is 0. The normalized spacial score (nSPS) is 32.1. The van der Waals surface area contributed by atoms with E-state index in [2.05, 4.69) is 6.07 Å². The van der Waals surface area contributed by atoms with E-state index < -0.39 is 30.0 Å². The van der Waals surface area contributed by atoms with Crippen LogP contribution in [0.1, 0.15) is 11.1 Å². The largest absolute Gasteiger partial charge is 0.550 e. The number of carbonyl (C=O) groups is 2. The number of amides is 1. The molecule has 1 saturated heterocycles. The maximum atomic E-state index is 12.8. The molecule has 114 valence electrons. The van der Waals surface area contributed by atoms with Crippen molar-refractivity contribution in [3.63, 3.8) is 0 Å². The van der Waals surface area contributed by atoms with E-state index in [1.165, 1.54) is 5.56 Å². The average molecular weight is 298 g/mol. The van der Waals surface area contributed by atoms with E-state index in [0.29, 0.717) is 13.1 Å². The Bertz CT molecular complexity index is 668. The van der Waals surface area contributed by atoms with Gasteiger partial charge in [0.15, 0.2) is 0 Å². The van der Waals surface area contributed by atoms with Gasteiger partial charge in [0.05, 0.1) is 18.1 Å². The van der Waals surface area contributed by atoms with E-state index in [9.17, 15) is 14.7 Å². The molecule has 3 heterocycles. The van der Waals surface area contributed by atoms with Crippen molar-refractivity contribution in [2.45, 2.75) is 25.2 Å². The maximum absolute atomic E-state index is 12.8. The van der Waals surface area contributed by atoms with Crippen molar-refractivity contribution in [3.8, 4) is 0 Å². The van der Waals surface area contributed by atoms with Gasteiger partial charge < -0.3 is 19.5 Å². The molecule has 5 nitrogen and oxygen atoms in total. The minimum Gasteiger partial charge on any atom is -0.550 e. The van der Waals surface area contributed by atoms with Crippen LogP contribution in [0.15, 0.2) is 36.4 Å². The molecule has 1 aromatic rings. The summed E-state index contributed by atoms with van der Waals surface area (Å²) in [6.07, 6.45) is 3.36. The van der Waals surface area contributed by atoms with Crippen LogP contribution in [0.4, 0.5) is 0 Å². The van der Waals surface area contributed by atoms with Crippen LogP contribution in [0.3, 0.4) is 0 Å². The molecule has 1 fully saturated rings. The number of fused-ring (bicyclic) bond motifs is 3. The average Bonchev–Trinajstić information content (AvgIpc) is 3.14. The molecule has 3 aliphatic rings. The maximum Gasteiger partial charge on any atom is 0.229 e. The van der Waals surface area contributed by atoms with E-state index in [-0.39, 0.29) is 5.91 Å². The summed E-state index contributed by atoms with van der Waals surface area (Å²) in [7, 11) is 0. The third kappa shape index (κ3) is 1.96. The standard InChI is InChI=1S/C17H17NO4/c19-16(14-12-5-6-13(22-12)15(14)17(20)21)18-8-7-10-3-1-2-4-11(10)9-18/h1-6,12-15H,7-9H2,(H,20,21)/p-1. The van der Waals surface area contributed by atoms with Crippen molar-refractivity contribution in [3.05, 3.63) is 47.5 Å². The Hall–Kier alpha value is -2.14. The number of nitrogens with zero attached hydrogens (tertiary/aromatic N) is 1. The molecule has 4 rings (SSSR count). The number of benzene rings is 1. The number of aliphatic carboxylic acids is 1. The second-order valence-corrected chi connectivity index (χ2v) is 6.10. The zero-order valence-corrected chi connectivity index (χ0v) is 12.0. The first-order chi connectivity index (χ1) is 10.6. The molecule has 0 radical (unpaired) electrons. The summed E-state index contributed by atoms with van der Waals surface area (Å²) in [4.78, 5) is 26.0. The van der Waals surface area contributed by atoms with Gasteiger partial charge in [-0.25, -0.2) is 0 Å². The van der Waals surface area contributed by atoms with Gasteiger partial charge in [-0.3, -0.25) is 4.79 Å². The summed E-state index contributed by atoms with van der Waals surface area (Å²) in [5.41, 5.74) is 2.39. The summed E-state index contributed by atoms with van der Waals surface area (Å²) < 4.78 is 5.56. The van der Waals surface area contributed by atoms with Crippen LogP contribution in [0.2, 0.25) is 0 Å². The van der Waals surface area contributed by atoms with Crippen molar-refractivity contribution in [1.29, 1.82) is 0 Å². The number of ether oxygens (including phenoxy) is 1. The van der Waals surface area contributed by atoms with Gasteiger partial charge in [-0.05, 0) is 17.5 Å². The van der Waals surface area contributed by atoms with Crippen molar-refractivity contribution in [1.82, 2.24) is 4.90 Å². The zero-order chi connectivity index (χ0) is 15.3. The van der Waals surface area contributed by atoms with Gasteiger partial charge in [0.2, 0.25) is 5.91 Å². The molecule has 1 amide bonds. The quantitative estimate of drug-likeness (QED) is 0.714. The molecule has 0 aromatic heterocycles. The molecular formula is C17H16NO4-. The van der Waals surface area contributed by atoms with E-state index in [0.717, 1.165) is 12.0 Å². The summed E-state index contributed by atoms with van der Waals surface area (Å²) in [6.45, 7) is 1.15. The molecule has 22 heavy (non-hydrogen) atoms. The minimum absolute atomic E-state index is 0.138. The van der Waals surface area contributed by atoms with E-state index >= 15 is 0 Å². The molecule has 5 heteroatoms. The highest BCUT2D eigenvalue weighted by Crippen LogP contribution is 2.40. The van der Waals surface area contributed by atoms with Crippen molar-refractivity contribution in [2.75, 3.05) is 6.54 Å². The van der Waals surface area contributed by atoms with Crippen LogP contribution < -0.4 is 5.11 Å². The highest BCUT2D eigenvalue weighted by Gasteiger charge is 2.51. The van der Waals surface area contributed by atoms with Gasteiger partial charge in [-0.2, -0.15) is 0 Å². The molecule has 1 aromatic carbocycles. The van der Waals surface area contributed by atoms with Crippen molar-refractivity contribution < 1.29 is 19.4 Å². The monoisotopic (exact) mass is 298 g/mol. The first-order valence-electron chi connectivity index (χ1n) is 7.55. The predicted molar refractivity (Wildman–Crippen MR) is 75.4 cm³/mol. The van der Waals surface area contributed by atoms with Crippen LogP contribution in [-0.4, -0.2) is 35.5 Å². The Kier molecular flexibility index (Phi) is 3.04. The summed E-state index contributed by atoms with van der Waals surface area (Å²) in [6, 6.07) is 8.05. The Morgan fingerprint density at radius 2 is 1.77 bits per heavy atom. The fourth-order valence-corrected chi connectivity index (χ4v) is 3.78. The highest BCUT2D eigenvalue weighted by molar-refractivity contribution is 5.87. The smallest absolute Gasteiger partial charge is 0.229 e. The Labute approximate surface area is 128 Å². The van der Waals surface area contributed by atoms with Crippen LogP contribution >= 0.6 is 0 Å². The molecule has 0 N–H and O–H groups in total. The Balaban J connectivity index is 1.58. The van der Waals surface area contributed by atoms with Crippen molar-refractivity contribution in [2.24, 2.45) is 11.8 Å². The molecule has 4 atom stereocenters. The van der Waals surface area contributed by atoms with Gasteiger partial charge in [0.25, 0.3) is 0 Å². The fraction of sp³-hybridized carbons (Fsp3) is 0.412. The molecule has 0 saturated carbocycles. The first kappa shape index (κ1) is 13.5. The molecule has 3 aliphatic heterocycles. The number of rotatable bonds is 2. The zero-order valence-electron chi connectivity index (χ0n) is 12.0. The lowest BCUT2D eigenvalue weighted by atomic mass is 9.81. The number of carboxylic acid groups (broad SMARTS) is 1. The van der Waals surface area contributed by atoms with Gasteiger partial charge in [0.1, 0.15) is 0 Å². The predicted octanol–water partition coefficient (Wildman–Crippen LogP) is -0.109. The third-order valence-corrected chi connectivity index (χ3v) is 4.90. The van der Waals surface area contributed by atoms with E-state index in [1.54, 1.807) is 17.1 Å². The number of carboxylic acids is 1.